The van der Waals surface area contributed by atoms with E-state index in [9.17, 15) is 8.42 Å². The summed E-state index contributed by atoms with van der Waals surface area (Å²) in [5, 5.41) is 1.31. The topological polar surface area (TPSA) is 101 Å². The van der Waals surface area contributed by atoms with Gasteiger partial charge in [-0.05, 0) is 24.3 Å². The van der Waals surface area contributed by atoms with Crippen molar-refractivity contribution in [3.05, 3.63) is 66.5 Å². The molecule has 7 heteroatoms. The quantitative estimate of drug-likeness (QED) is 0.492. The van der Waals surface area contributed by atoms with Gasteiger partial charge in [0, 0.05) is 16.5 Å². The van der Waals surface area contributed by atoms with Gasteiger partial charge in [0.05, 0.1) is 22.5 Å². The summed E-state index contributed by atoms with van der Waals surface area (Å²) in [6.07, 6.45) is 0. The lowest BCUT2D eigenvalue weighted by atomic mass is 10.1. The molecule has 0 aliphatic carbocycles. The summed E-state index contributed by atoms with van der Waals surface area (Å²) in [6.45, 7) is 0.0791. The predicted octanol–water partition coefficient (Wildman–Crippen LogP) is 2.78. The first kappa shape index (κ1) is 15.6. The lowest BCUT2D eigenvalue weighted by molar-refractivity contribution is 0.580. The highest BCUT2D eigenvalue weighted by atomic mass is 32.2. The van der Waals surface area contributed by atoms with E-state index < -0.39 is 10.0 Å². The fourth-order valence-corrected chi connectivity index (χ4v) is 4.08. The van der Waals surface area contributed by atoms with Gasteiger partial charge in [-0.15, -0.1) is 0 Å². The van der Waals surface area contributed by atoms with Crippen LogP contribution in [0.5, 0.6) is 0 Å². The minimum absolute atomic E-state index is 0.0791. The van der Waals surface area contributed by atoms with Crippen LogP contribution in [0.15, 0.2) is 65.6 Å². The van der Waals surface area contributed by atoms with Crippen LogP contribution in [0.2, 0.25) is 0 Å². The van der Waals surface area contributed by atoms with Crippen LogP contribution < -0.4 is 10.5 Å². The Kier molecular flexibility index (Phi) is 3.67. The van der Waals surface area contributed by atoms with E-state index in [1.807, 2.05) is 30.3 Å². The molecule has 1 heterocycles. The average molecular weight is 352 g/mol. The van der Waals surface area contributed by atoms with Crippen molar-refractivity contribution in [1.82, 2.24) is 14.7 Å². The smallest absolute Gasteiger partial charge is 0.241 e. The highest BCUT2D eigenvalue weighted by Crippen LogP contribution is 2.27. The Hall–Kier alpha value is -2.90. The van der Waals surface area contributed by atoms with E-state index in [0.29, 0.717) is 22.3 Å². The number of benzene rings is 3. The van der Waals surface area contributed by atoms with Crippen LogP contribution in [-0.2, 0) is 16.6 Å². The van der Waals surface area contributed by atoms with E-state index in [0.717, 1.165) is 11.0 Å². The lowest BCUT2D eigenvalue weighted by Gasteiger charge is -2.10. The molecule has 0 saturated heterocycles. The monoisotopic (exact) mass is 352 g/mol. The third kappa shape index (κ3) is 2.84. The van der Waals surface area contributed by atoms with Gasteiger partial charge in [-0.1, -0.05) is 36.4 Å². The van der Waals surface area contributed by atoms with E-state index in [2.05, 4.69) is 14.7 Å². The first-order valence-corrected chi connectivity index (χ1v) is 9.23. The normalized spacial score (nSPS) is 12.0. The van der Waals surface area contributed by atoms with Gasteiger partial charge in [0.2, 0.25) is 10.0 Å². The Morgan fingerprint density at radius 2 is 1.72 bits per heavy atom. The van der Waals surface area contributed by atoms with Gasteiger partial charge < -0.3 is 10.7 Å². The second-order valence-electron chi connectivity index (χ2n) is 5.72. The minimum atomic E-state index is -3.70. The Morgan fingerprint density at radius 1 is 0.960 bits per heavy atom. The standard InChI is InChI=1S/C18H16N4O2S/c19-14-7-3-6-13-12(14)5-4-10-17(13)25(23,24)20-11-18-21-15-8-1-2-9-16(15)22-18/h1-10,20H,11,19H2,(H,21,22). The molecule has 0 unspecified atom stereocenters. The summed E-state index contributed by atoms with van der Waals surface area (Å²) in [6, 6.07) is 17.9. The molecule has 4 aromatic rings. The van der Waals surface area contributed by atoms with Crippen molar-refractivity contribution >= 4 is 37.5 Å². The number of H-pyrrole nitrogens is 1. The zero-order chi connectivity index (χ0) is 17.4. The Morgan fingerprint density at radius 3 is 2.56 bits per heavy atom. The maximum absolute atomic E-state index is 12.8. The number of sulfonamides is 1. The second-order valence-corrected chi connectivity index (χ2v) is 7.46. The molecule has 0 fully saturated rings. The molecule has 0 aliphatic heterocycles. The molecular formula is C18H16N4O2S. The fourth-order valence-electron chi connectivity index (χ4n) is 2.87. The maximum atomic E-state index is 12.8. The van der Waals surface area contributed by atoms with E-state index in [1.54, 1.807) is 30.3 Å². The molecule has 6 nitrogen and oxygen atoms in total. The van der Waals surface area contributed by atoms with Crippen molar-refractivity contribution in [3.63, 3.8) is 0 Å². The highest BCUT2D eigenvalue weighted by Gasteiger charge is 2.18. The number of para-hydroxylation sites is 2. The summed E-state index contributed by atoms with van der Waals surface area (Å²) in [5.41, 5.74) is 8.16. The van der Waals surface area contributed by atoms with Crippen molar-refractivity contribution in [2.75, 3.05) is 5.73 Å². The average Bonchev–Trinajstić information content (AvgIpc) is 3.03. The Bertz CT molecular complexity index is 1150. The molecule has 0 spiro atoms. The maximum Gasteiger partial charge on any atom is 0.241 e. The van der Waals surface area contributed by atoms with Crippen LogP contribution >= 0.6 is 0 Å². The molecule has 3 aromatic carbocycles. The number of nitrogens with one attached hydrogen (secondary N) is 2. The summed E-state index contributed by atoms with van der Waals surface area (Å²) in [7, 11) is -3.70. The van der Waals surface area contributed by atoms with Crippen LogP contribution in [-0.4, -0.2) is 18.4 Å². The number of imidazole rings is 1. The van der Waals surface area contributed by atoms with Gasteiger partial charge in [0.15, 0.2) is 0 Å². The van der Waals surface area contributed by atoms with E-state index in [-0.39, 0.29) is 11.4 Å². The van der Waals surface area contributed by atoms with Crippen molar-refractivity contribution in [2.45, 2.75) is 11.4 Å². The molecule has 4 N–H and O–H groups in total. The summed E-state index contributed by atoms with van der Waals surface area (Å²) < 4.78 is 28.1. The van der Waals surface area contributed by atoms with Crippen LogP contribution in [0.25, 0.3) is 21.8 Å². The number of nitrogens with zero attached hydrogens (tertiary/aromatic N) is 1. The molecule has 0 radical (unpaired) electrons. The number of anilines is 1. The van der Waals surface area contributed by atoms with Crippen LogP contribution in [0.4, 0.5) is 5.69 Å². The van der Waals surface area contributed by atoms with Crippen LogP contribution in [0.1, 0.15) is 5.82 Å². The number of fused-ring (bicyclic) bond motifs is 2. The van der Waals surface area contributed by atoms with Gasteiger partial charge in [-0.25, -0.2) is 18.1 Å². The Labute approximate surface area is 144 Å². The molecule has 25 heavy (non-hydrogen) atoms. The van der Waals surface area contributed by atoms with Crippen molar-refractivity contribution in [1.29, 1.82) is 0 Å². The van der Waals surface area contributed by atoms with E-state index in [4.69, 9.17) is 5.73 Å². The number of hydrogen-bond donors (Lipinski definition) is 3. The SMILES string of the molecule is Nc1cccc2c(S(=O)(=O)NCc3nc4ccccc4[nH]3)cccc12. The van der Waals surface area contributed by atoms with Crippen LogP contribution in [0, 0.1) is 0 Å². The van der Waals surface area contributed by atoms with Crippen molar-refractivity contribution < 1.29 is 8.42 Å². The molecule has 0 saturated carbocycles. The van der Waals surface area contributed by atoms with Crippen LogP contribution in [0.3, 0.4) is 0 Å². The molecule has 126 valence electrons. The minimum Gasteiger partial charge on any atom is -0.398 e. The third-order valence-corrected chi connectivity index (χ3v) is 5.53. The van der Waals surface area contributed by atoms with E-state index >= 15 is 0 Å². The molecule has 0 atom stereocenters. The van der Waals surface area contributed by atoms with Gasteiger partial charge in [0.1, 0.15) is 5.82 Å². The predicted molar refractivity (Wildman–Crippen MR) is 98.5 cm³/mol. The highest BCUT2D eigenvalue weighted by molar-refractivity contribution is 7.89. The second kappa shape index (κ2) is 5.87. The Balaban J connectivity index is 1.67. The molecule has 0 aliphatic rings. The number of aromatic amines is 1. The first-order valence-electron chi connectivity index (χ1n) is 7.75. The number of nitrogens with two attached hydrogens (primary N) is 1. The zero-order valence-electron chi connectivity index (χ0n) is 13.2. The fraction of sp³-hybridized carbons (Fsp3) is 0.0556. The van der Waals surface area contributed by atoms with Gasteiger partial charge in [-0.3, -0.25) is 0 Å². The molecular weight excluding hydrogens is 336 g/mol. The number of aromatic nitrogens is 2. The lowest BCUT2D eigenvalue weighted by Crippen LogP contribution is -2.24. The van der Waals surface area contributed by atoms with E-state index in [1.165, 1.54) is 0 Å². The third-order valence-electron chi connectivity index (χ3n) is 4.07. The molecule has 0 amide bonds. The zero-order valence-corrected chi connectivity index (χ0v) is 14.0. The van der Waals surface area contributed by atoms with Crippen molar-refractivity contribution in [2.24, 2.45) is 0 Å². The molecule has 0 bridgehead atoms. The largest absolute Gasteiger partial charge is 0.398 e. The van der Waals surface area contributed by atoms with Crippen molar-refractivity contribution in [3.8, 4) is 0 Å². The molecule has 1 aromatic heterocycles. The summed E-state index contributed by atoms with van der Waals surface area (Å²) >= 11 is 0. The van der Waals surface area contributed by atoms with Gasteiger partial charge >= 0.3 is 0 Å². The summed E-state index contributed by atoms with van der Waals surface area (Å²) in [4.78, 5) is 7.69. The number of rotatable bonds is 4. The number of hydrogen-bond acceptors (Lipinski definition) is 4. The van der Waals surface area contributed by atoms with Gasteiger partial charge in [-0.2, -0.15) is 0 Å². The molecule has 4 rings (SSSR count). The van der Waals surface area contributed by atoms with Gasteiger partial charge in [0.25, 0.3) is 0 Å². The summed E-state index contributed by atoms with van der Waals surface area (Å²) in [5.74, 6) is 0.560. The number of nitrogen functional groups attached to an aromatic ring is 1. The first-order chi connectivity index (χ1) is 12.0.